The van der Waals surface area contributed by atoms with Gasteiger partial charge in [0, 0.05) is 24.5 Å². The summed E-state index contributed by atoms with van der Waals surface area (Å²) in [4.78, 5) is 13.7. The molecule has 0 radical (unpaired) electrons. The summed E-state index contributed by atoms with van der Waals surface area (Å²) in [5.74, 6) is 0.103. The first-order chi connectivity index (χ1) is 8.63. The fourth-order valence-corrected chi connectivity index (χ4v) is 1.69. The molecular formula is C15H18ClNO. The average Bonchev–Trinajstić information content (AvgIpc) is 2.36. The maximum Gasteiger partial charge on any atom is 0.156 e. The molecule has 0 fully saturated rings. The molecule has 1 aromatic carbocycles. The number of nitrogens with zero attached hydrogens (tertiary/aromatic N) is 1. The molecule has 1 rings (SSSR count). The number of likely N-dealkylation sites (N-methyl/N-ethyl adjacent to an activating group) is 1. The van der Waals surface area contributed by atoms with E-state index >= 15 is 0 Å². The first-order valence-electron chi connectivity index (χ1n) is 5.88. The van der Waals surface area contributed by atoms with Crippen LogP contribution in [-0.4, -0.2) is 30.8 Å². The Balaban J connectivity index is 2.45. The van der Waals surface area contributed by atoms with E-state index in [0.717, 1.165) is 18.7 Å². The molecule has 1 aromatic rings. The van der Waals surface area contributed by atoms with Crippen molar-refractivity contribution in [2.45, 2.75) is 6.42 Å². The van der Waals surface area contributed by atoms with Gasteiger partial charge >= 0.3 is 0 Å². The van der Waals surface area contributed by atoms with E-state index in [1.165, 1.54) is 0 Å². The Labute approximate surface area is 114 Å². The van der Waals surface area contributed by atoms with E-state index < -0.39 is 0 Å². The minimum Gasteiger partial charge on any atom is -0.302 e. The Morgan fingerprint density at radius 3 is 2.83 bits per heavy atom. The van der Waals surface area contributed by atoms with Gasteiger partial charge in [0.05, 0.1) is 0 Å². The van der Waals surface area contributed by atoms with Crippen molar-refractivity contribution >= 4 is 23.5 Å². The molecule has 0 aromatic heterocycles. The fourth-order valence-electron chi connectivity index (χ4n) is 1.49. The zero-order valence-electron chi connectivity index (χ0n) is 10.6. The smallest absolute Gasteiger partial charge is 0.156 e. The average molecular weight is 264 g/mol. The van der Waals surface area contributed by atoms with Crippen LogP contribution in [0.25, 0.3) is 6.08 Å². The second-order valence-corrected chi connectivity index (χ2v) is 4.53. The number of ketones is 1. The van der Waals surface area contributed by atoms with Crippen LogP contribution in [0.2, 0.25) is 5.02 Å². The standard InChI is InChI=1S/C15H18ClNO/c1-3-11-17(2)12-10-14(18)9-8-13-6-4-5-7-15(13)16/h3-9H,1,10-12H2,2H3/b9-8+. The lowest BCUT2D eigenvalue weighted by molar-refractivity contribution is -0.114. The number of benzene rings is 1. The van der Waals surface area contributed by atoms with Crippen molar-refractivity contribution in [3.8, 4) is 0 Å². The molecule has 2 nitrogen and oxygen atoms in total. The number of halogens is 1. The van der Waals surface area contributed by atoms with Crippen LogP contribution in [0.5, 0.6) is 0 Å². The fraction of sp³-hybridized carbons (Fsp3) is 0.267. The van der Waals surface area contributed by atoms with Gasteiger partial charge in [-0.2, -0.15) is 0 Å². The molecule has 0 saturated heterocycles. The molecule has 0 N–H and O–H groups in total. The highest BCUT2D eigenvalue weighted by atomic mass is 35.5. The van der Waals surface area contributed by atoms with Gasteiger partial charge in [0.1, 0.15) is 0 Å². The van der Waals surface area contributed by atoms with E-state index in [1.54, 1.807) is 12.2 Å². The Hall–Kier alpha value is -1.38. The van der Waals surface area contributed by atoms with Crippen LogP contribution in [0.4, 0.5) is 0 Å². The van der Waals surface area contributed by atoms with Crippen LogP contribution in [-0.2, 0) is 4.79 Å². The molecule has 0 aliphatic carbocycles. The quantitative estimate of drug-likeness (QED) is 0.555. The number of carbonyl (C=O) groups excluding carboxylic acids is 1. The number of hydrogen-bond acceptors (Lipinski definition) is 2. The van der Waals surface area contributed by atoms with E-state index in [1.807, 2.05) is 42.3 Å². The first-order valence-corrected chi connectivity index (χ1v) is 6.26. The molecule has 0 amide bonds. The molecule has 96 valence electrons. The van der Waals surface area contributed by atoms with Crippen molar-refractivity contribution < 1.29 is 4.79 Å². The largest absolute Gasteiger partial charge is 0.302 e. The van der Waals surface area contributed by atoms with Gasteiger partial charge in [-0.25, -0.2) is 0 Å². The van der Waals surface area contributed by atoms with E-state index in [9.17, 15) is 4.79 Å². The number of rotatable bonds is 7. The minimum absolute atomic E-state index is 0.103. The van der Waals surface area contributed by atoms with Crippen molar-refractivity contribution in [2.75, 3.05) is 20.1 Å². The Morgan fingerprint density at radius 2 is 2.17 bits per heavy atom. The summed E-state index contributed by atoms with van der Waals surface area (Å²) in [7, 11) is 1.97. The molecule has 0 aliphatic heterocycles. The SMILES string of the molecule is C=CCN(C)CCC(=O)/C=C/c1ccccc1Cl. The maximum atomic E-state index is 11.7. The third-order valence-electron chi connectivity index (χ3n) is 2.53. The van der Waals surface area contributed by atoms with E-state index in [0.29, 0.717) is 11.4 Å². The molecular weight excluding hydrogens is 246 g/mol. The van der Waals surface area contributed by atoms with Crippen molar-refractivity contribution in [3.63, 3.8) is 0 Å². The zero-order valence-corrected chi connectivity index (χ0v) is 11.4. The topological polar surface area (TPSA) is 20.3 Å². The zero-order chi connectivity index (χ0) is 13.4. The van der Waals surface area contributed by atoms with Crippen molar-refractivity contribution in [1.29, 1.82) is 0 Å². The highest BCUT2D eigenvalue weighted by Gasteiger charge is 2.01. The van der Waals surface area contributed by atoms with Gasteiger partial charge in [0.25, 0.3) is 0 Å². The minimum atomic E-state index is 0.103. The number of carbonyl (C=O) groups is 1. The number of allylic oxidation sites excluding steroid dienone is 1. The predicted molar refractivity (Wildman–Crippen MR) is 77.8 cm³/mol. The molecule has 0 unspecified atom stereocenters. The molecule has 0 aliphatic rings. The second-order valence-electron chi connectivity index (χ2n) is 4.12. The summed E-state index contributed by atoms with van der Waals surface area (Å²) in [6.07, 6.45) is 5.68. The summed E-state index contributed by atoms with van der Waals surface area (Å²) in [5.41, 5.74) is 0.868. The lowest BCUT2D eigenvalue weighted by Gasteiger charge is -2.12. The van der Waals surface area contributed by atoms with E-state index in [2.05, 4.69) is 6.58 Å². The second kappa shape index (κ2) is 7.85. The third-order valence-corrected chi connectivity index (χ3v) is 2.88. The van der Waals surface area contributed by atoms with Gasteiger partial charge in [-0.1, -0.05) is 35.9 Å². The molecule has 0 bridgehead atoms. The first kappa shape index (κ1) is 14.7. The summed E-state index contributed by atoms with van der Waals surface area (Å²) in [6.45, 7) is 5.19. The summed E-state index contributed by atoms with van der Waals surface area (Å²) < 4.78 is 0. The van der Waals surface area contributed by atoms with Gasteiger partial charge in [-0.15, -0.1) is 6.58 Å². The van der Waals surface area contributed by atoms with Crippen LogP contribution in [0, 0.1) is 0 Å². The molecule has 0 saturated carbocycles. The Morgan fingerprint density at radius 1 is 1.44 bits per heavy atom. The highest BCUT2D eigenvalue weighted by molar-refractivity contribution is 6.32. The van der Waals surface area contributed by atoms with Crippen LogP contribution < -0.4 is 0 Å². The van der Waals surface area contributed by atoms with Gasteiger partial charge in [-0.05, 0) is 30.8 Å². The third kappa shape index (κ3) is 5.30. The van der Waals surface area contributed by atoms with Gasteiger partial charge in [0.2, 0.25) is 0 Å². The molecule has 0 atom stereocenters. The molecule has 0 spiro atoms. The molecule has 18 heavy (non-hydrogen) atoms. The van der Waals surface area contributed by atoms with Crippen molar-refractivity contribution in [1.82, 2.24) is 4.90 Å². The highest BCUT2D eigenvalue weighted by Crippen LogP contribution is 2.16. The molecule has 0 heterocycles. The number of hydrogen-bond donors (Lipinski definition) is 0. The van der Waals surface area contributed by atoms with Gasteiger partial charge in [-0.3, -0.25) is 4.79 Å². The Kier molecular flexibility index (Phi) is 6.40. The monoisotopic (exact) mass is 263 g/mol. The van der Waals surface area contributed by atoms with Crippen LogP contribution >= 0.6 is 11.6 Å². The molecule has 3 heteroatoms. The van der Waals surface area contributed by atoms with Crippen molar-refractivity contribution in [2.24, 2.45) is 0 Å². The van der Waals surface area contributed by atoms with E-state index in [4.69, 9.17) is 11.6 Å². The predicted octanol–water partition coefficient (Wildman–Crippen LogP) is 3.43. The van der Waals surface area contributed by atoms with Gasteiger partial charge in [0.15, 0.2) is 5.78 Å². The van der Waals surface area contributed by atoms with E-state index in [-0.39, 0.29) is 5.78 Å². The summed E-state index contributed by atoms with van der Waals surface area (Å²) >= 11 is 5.99. The lowest BCUT2D eigenvalue weighted by atomic mass is 10.1. The van der Waals surface area contributed by atoms with Crippen LogP contribution in [0.15, 0.2) is 43.0 Å². The summed E-state index contributed by atoms with van der Waals surface area (Å²) in [5, 5.41) is 0.658. The normalized spacial score (nSPS) is 11.1. The lowest BCUT2D eigenvalue weighted by Crippen LogP contribution is -2.21. The Bertz CT molecular complexity index is 440. The summed E-state index contributed by atoms with van der Waals surface area (Å²) in [6, 6.07) is 7.46. The van der Waals surface area contributed by atoms with Crippen LogP contribution in [0.1, 0.15) is 12.0 Å². The van der Waals surface area contributed by atoms with Crippen LogP contribution in [0.3, 0.4) is 0 Å². The van der Waals surface area contributed by atoms with Gasteiger partial charge < -0.3 is 4.90 Å². The maximum absolute atomic E-state index is 11.7. The van der Waals surface area contributed by atoms with Crippen molar-refractivity contribution in [3.05, 3.63) is 53.6 Å².